The second-order valence-electron chi connectivity index (χ2n) is 3.53. The van der Waals surface area contributed by atoms with Crippen LogP contribution in [-0.2, 0) is 23.9 Å². The molecular weight excluding hydrogens is 212 g/mol. The molecule has 0 fully saturated rings. The standard InChI is InChI=1S/C11H18O5/c1-4-5-6-9(13)16-10(8(2)7-12)11(14)15-3/h7-8,10H,4-6H2,1-3H3. The lowest BCUT2D eigenvalue weighted by atomic mass is 10.1. The zero-order valence-corrected chi connectivity index (χ0v) is 9.89. The molecule has 0 aromatic heterocycles. The van der Waals surface area contributed by atoms with Crippen LogP contribution in [-0.4, -0.2) is 31.4 Å². The number of methoxy groups -OCH3 is 1. The summed E-state index contributed by atoms with van der Waals surface area (Å²) < 4.78 is 9.38. The van der Waals surface area contributed by atoms with E-state index < -0.39 is 24.0 Å². The predicted octanol–water partition coefficient (Wildman–Crippen LogP) is 1.10. The van der Waals surface area contributed by atoms with Crippen molar-refractivity contribution in [1.29, 1.82) is 0 Å². The van der Waals surface area contributed by atoms with Crippen molar-refractivity contribution < 1.29 is 23.9 Å². The van der Waals surface area contributed by atoms with E-state index in [0.717, 1.165) is 6.42 Å². The quantitative estimate of drug-likeness (QED) is 0.483. The maximum atomic E-state index is 11.3. The van der Waals surface area contributed by atoms with E-state index in [4.69, 9.17) is 4.74 Å². The van der Waals surface area contributed by atoms with Gasteiger partial charge in [0.1, 0.15) is 6.29 Å². The second-order valence-corrected chi connectivity index (χ2v) is 3.53. The zero-order valence-electron chi connectivity index (χ0n) is 9.89. The van der Waals surface area contributed by atoms with Crippen molar-refractivity contribution in [2.45, 2.75) is 39.2 Å². The molecule has 92 valence electrons. The molecule has 0 aliphatic carbocycles. The van der Waals surface area contributed by atoms with Crippen molar-refractivity contribution in [1.82, 2.24) is 0 Å². The van der Waals surface area contributed by atoms with Crippen molar-refractivity contribution in [3.8, 4) is 0 Å². The van der Waals surface area contributed by atoms with Crippen molar-refractivity contribution in [3.63, 3.8) is 0 Å². The van der Waals surface area contributed by atoms with Crippen LogP contribution in [0.1, 0.15) is 33.1 Å². The van der Waals surface area contributed by atoms with Crippen molar-refractivity contribution in [3.05, 3.63) is 0 Å². The van der Waals surface area contributed by atoms with E-state index in [1.165, 1.54) is 14.0 Å². The van der Waals surface area contributed by atoms with Crippen LogP contribution in [0.3, 0.4) is 0 Å². The summed E-state index contributed by atoms with van der Waals surface area (Å²) >= 11 is 0. The fraction of sp³-hybridized carbons (Fsp3) is 0.727. The Labute approximate surface area is 95.1 Å². The molecule has 0 saturated carbocycles. The summed E-state index contributed by atoms with van der Waals surface area (Å²) in [6.07, 6.45) is 1.24. The van der Waals surface area contributed by atoms with E-state index in [9.17, 15) is 14.4 Å². The lowest BCUT2D eigenvalue weighted by Crippen LogP contribution is -2.35. The van der Waals surface area contributed by atoms with E-state index in [-0.39, 0.29) is 6.42 Å². The summed E-state index contributed by atoms with van der Waals surface area (Å²) in [7, 11) is 1.19. The van der Waals surface area contributed by atoms with Gasteiger partial charge in [0.05, 0.1) is 13.0 Å². The van der Waals surface area contributed by atoms with Gasteiger partial charge in [0.25, 0.3) is 0 Å². The van der Waals surface area contributed by atoms with Gasteiger partial charge >= 0.3 is 11.9 Å². The number of rotatable bonds is 7. The average molecular weight is 230 g/mol. The summed E-state index contributed by atoms with van der Waals surface area (Å²) in [6, 6.07) is 0. The predicted molar refractivity (Wildman–Crippen MR) is 56.6 cm³/mol. The van der Waals surface area contributed by atoms with E-state index in [1.807, 2.05) is 6.92 Å². The number of hydrogen-bond acceptors (Lipinski definition) is 5. The first-order valence-corrected chi connectivity index (χ1v) is 5.29. The molecule has 5 heteroatoms. The topological polar surface area (TPSA) is 69.7 Å². The second kappa shape index (κ2) is 7.84. The molecule has 0 rings (SSSR count). The summed E-state index contributed by atoms with van der Waals surface area (Å²) in [5.41, 5.74) is 0. The third-order valence-electron chi connectivity index (χ3n) is 2.12. The molecule has 2 atom stereocenters. The van der Waals surface area contributed by atoms with Gasteiger partial charge in [0, 0.05) is 6.42 Å². The molecule has 0 bridgehead atoms. The van der Waals surface area contributed by atoms with Gasteiger partial charge in [0.2, 0.25) is 6.10 Å². The fourth-order valence-electron chi connectivity index (χ4n) is 1.08. The highest BCUT2D eigenvalue weighted by atomic mass is 16.6. The monoisotopic (exact) mass is 230 g/mol. The van der Waals surface area contributed by atoms with E-state index in [2.05, 4.69) is 4.74 Å². The van der Waals surface area contributed by atoms with E-state index in [1.54, 1.807) is 0 Å². The van der Waals surface area contributed by atoms with E-state index >= 15 is 0 Å². The molecule has 0 aliphatic rings. The van der Waals surface area contributed by atoms with Gasteiger partial charge in [-0.3, -0.25) is 4.79 Å². The number of hydrogen-bond donors (Lipinski definition) is 0. The number of carbonyl (C=O) groups is 3. The Balaban J connectivity index is 4.36. The Hall–Kier alpha value is -1.39. The third kappa shape index (κ3) is 4.91. The first kappa shape index (κ1) is 14.6. The minimum absolute atomic E-state index is 0.246. The highest BCUT2D eigenvalue weighted by molar-refractivity contribution is 5.82. The lowest BCUT2D eigenvalue weighted by Gasteiger charge is -2.17. The van der Waals surface area contributed by atoms with Crippen LogP contribution < -0.4 is 0 Å². The first-order chi connectivity index (χ1) is 7.56. The number of esters is 2. The van der Waals surface area contributed by atoms with Crippen LogP contribution in [0.5, 0.6) is 0 Å². The highest BCUT2D eigenvalue weighted by Gasteiger charge is 2.29. The van der Waals surface area contributed by atoms with Crippen molar-refractivity contribution in [2.24, 2.45) is 5.92 Å². The van der Waals surface area contributed by atoms with Crippen LogP contribution in [0.4, 0.5) is 0 Å². The third-order valence-corrected chi connectivity index (χ3v) is 2.12. The molecule has 0 aromatic carbocycles. The van der Waals surface area contributed by atoms with Gasteiger partial charge < -0.3 is 14.3 Å². The van der Waals surface area contributed by atoms with Gasteiger partial charge in [-0.1, -0.05) is 20.3 Å². The van der Waals surface area contributed by atoms with Crippen LogP contribution >= 0.6 is 0 Å². The SMILES string of the molecule is CCCCC(=O)OC(C(=O)OC)C(C)C=O. The maximum Gasteiger partial charge on any atom is 0.347 e. The molecule has 0 amide bonds. The summed E-state index contributed by atoms with van der Waals surface area (Å²) in [6.45, 7) is 3.45. The van der Waals surface area contributed by atoms with Crippen LogP contribution in [0, 0.1) is 5.92 Å². The zero-order chi connectivity index (χ0) is 12.6. The average Bonchev–Trinajstić information content (AvgIpc) is 2.31. The van der Waals surface area contributed by atoms with Gasteiger partial charge in [-0.2, -0.15) is 0 Å². The Morgan fingerprint density at radius 1 is 1.38 bits per heavy atom. The fourth-order valence-corrected chi connectivity index (χ4v) is 1.08. The molecule has 0 aromatic rings. The molecule has 2 unspecified atom stereocenters. The molecule has 5 nitrogen and oxygen atoms in total. The smallest absolute Gasteiger partial charge is 0.347 e. The molecule has 0 radical (unpaired) electrons. The highest BCUT2D eigenvalue weighted by Crippen LogP contribution is 2.09. The number of ether oxygens (including phenoxy) is 2. The minimum atomic E-state index is -1.13. The van der Waals surface area contributed by atoms with Gasteiger partial charge in [-0.05, 0) is 6.42 Å². The molecule has 0 spiro atoms. The number of unbranched alkanes of at least 4 members (excludes halogenated alkanes) is 1. The maximum absolute atomic E-state index is 11.3. The van der Waals surface area contributed by atoms with Crippen LogP contribution in [0.15, 0.2) is 0 Å². The molecule has 0 saturated heterocycles. The molecule has 16 heavy (non-hydrogen) atoms. The number of aldehydes is 1. The lowest BCUT2D eigenvalue weighted by molar-refractivity contribution is -0.169. The Morgan fingerprint density at radius 3 is 2.44 bits per heavy atom. The number of carbonyl (C=O) groups excluding carboxylic acids is 3. The van der Waals surface area contributed by atoms with Crippen LogP contribution in [0.25, 0.3) is 0 Å². The van der Waals surface area contributed by atoms with Gasteiger partial charge in [0.15, 0.2) is 0 Å². The Bertz CT molecular complexity index is 249. The van der Waals surface area contributed by atoms with Gasteiger partial charge in [-0.25, -0.2) is 4.79 Å². The Kier molecular flexibility index (Phi) is 7.16. The minimum Gasteiger partial charge on any atom is -0.466 e. The molecular formula is C11H18O5. The van der Waals surface area contributed by atoms with Crippen molar-refractivity contribution >= 4 is 18.2 Å². The van der Waals surface area contributed by atoms with Gasteiger partial charge in [-0.15, -0.1) is 0 Å². The van der Waals surface area contributed by atoms with E-state index in [0.29, 0.717) is 12.7 Å². The molecule has 0 aliphatic heterocycles. The van der Waals surface area contributed by atoms with Crippen LogP contribution in [0.2, 0.25) is 0 Å². The normalized spacial score (nSPS) is 13.7. The summed E-state index contributed by atoms with van der Waals surface area (Å²) in [4.78, 5) is 33.1. The first-order valence-electron chi connectivity index (χ1n) is 5.29. The summed E-state index contributed by atoms with van der Waals surface area (Å²) in [5.74, 6) is -1.88. The van der Waals surface area contributed by atoms with Crippen molar-refractivity contribution in [2.75, 3.05) is 7.11 Å². The Morgan fingerprint density at radius 2 is 2.00 bits per heavy atom. The summed E-state index contributed by atoms with van der Waals surface area (Å²) in [5, 5.41) is 0. The molecule has 0 heterocycles. The largest absolute Gasteiger partial charge is 0.466 e. The molecule has 0 N–H and O–H groups in total.